The van der Waals surface area contributed by atoms with Gasteiger partial charge < -0.3 is 24.0 Å². The summed E-state index contributed by atoms with van der Waals surface area (Å²) < 4.78 is 11.6. The summed E-state index contributed by atoms with van der Waals surface area (Å²) in [4.78, 5) is 32.6. The largest absolute Gasteiger partial charge is 0.490 e. The van der Waals surface area contributed by atoms with Gasteiger partial charge in [0.05, 0.1) is 5.69 Å². The van der Waals surface area contributed by atoms with E-state index in [0.717, 1.165) is 31.9 Å². The molecule has 2 aliphatic rings. The fourth-order valence-electron chi connectivity index (χ4n) is 4.72. The number of para-hydroxylation sites is 1. The lowest BCUT2D eigenvalue weighted by Gasteiger charge is -2.40. The van der Waals surface area contributed by atoms with E-state index in [9.17, 15) is 9.59 Å². The Morgan fingerprint density at radius 1 is 1.09 bits per heavy atom. The van der Waals surface area contributed by atoms with Crippen molar-refractivity contribution in [3.8, 4) is 5.75 Å². The van der Waals surface area contributed by atoms with Crippen LogP contribution in [-0.4, -0.2) is 84.1 Å². The molecule has 3 heterocycles. The molecular formula is C25H34N4O4. The predicted molar refractivity (Wildman–Crippen MR) is 124 cm³/mol. The number of aromatic nitrogens is 1. The zero-order valence-electron chi connectivity index (χ0n) is 19.8. The second-order valence-electron chi connectivity index (χ2n) is 9.07. The minimum atomic E-state index is -0.123. The van der Waals surface area contributed by atoms with Gasteiger partial charge in [0.15, 0.2) is 0 Å². The van der Waals surface area contributed by atoms with Gasteiger partial charge in [-0.05, 0) is 32.5 Å². The lowest BCUT2D eigenvalue weighted by Crippen LogP contribution is -2.51. The summed E-state index contributed by atoms with van der Waals surface area (Å²) in [6.07, 6.45) is 1.56. The molecule has 2 saturated heterocycles. The standard InChI is InChI=1S/C25H34N4O4/c1-4-21-24(18(2)33-26-21)25(31)29-11-10-22(32-20-8-6-5-7-9-20)19(17-29)16-23(30)28-14-12-27(3)13-15-28/h5-9,19,22H,4,10-17H2,1-3H3/t19-,22-/m0/s1. The van der Waals surface area contributed by atoms with E-state index in [4.69, 9.17) is 9.26 Å². The van der Waals surface area contributed by atoms with Crippen molar-refractivity contribution in [2.45, 2.75) is 39.2 Å². The van der Waals surface area contributed by atoms with Crippen LogP contribution in [0.3, 0.4) is 0 Å². The van der Waals surface area contributed by atoms with Crippen molar-refractivity contribution < 1.29 is 18.8 Å². The number of benzene rings is 1. The first-order valence-electron chi connectivity index (χ1n) is 11.9. The van der Waals surface area contributed by atoms with Crippen LogP contribution in [0.15, 0.2) is 34.9 Å². The monoisotopic (exact) mass is 454 g/mol. The lowest BCUT2D eigenvalue weighted by molar-refractivity contribution is -0.135. The van der Waals surface area contributed by atoms with Gasteiger partial charge in [-0.25, -0.2) is 0 Å². The van der Waals surface area contributed by atoms with Crippen LogP contribution in [0.2, 0.25) is 0 Å². The Labute approximate surface area is 195 Å². The number of piperazine rings is 1. The number of ether oxygens (including phenoxy) is 1. The van der Waals surface area contributed by atoms with Crippen molar-refractivity contribution in [1.82, 2.24) is 19.9 Å². The fraction of sp³-hybridized carbons (Fsp3) is 0.560. The molecule has 2 aliphatic heterocycles. The van der Waals surface area contributed by atoms with Crippen LogP contribution in [0.1, 0.15) is 41.6 Å². The summed E-state index contributed by atoms with van der Waals surface area (Å²) in [5.41, 5.74) is 1.24. The third-order valence-electron chi connectivity index (χ3n) is 6.76. The number of nitrogens with zero attached hydrogens (tertiary/aromatic N) is 4. The number of likely N-dealkylation sites (tertiary alicyclic amines) is 1. The highest BCUT2D eigenvalue weighted by atomic mass is 16.5. The molecule has 0 N–H and O–H groups in total. The first-order valence-corrected chi connectivity index (χ1v) is 11.9. The molecule has 33 heavy (non-hydrogen) atoms. The van der Waals surface area contributed by atoms with Crippen LogP contribution in [-0.2, 0) is 11.2 Å². The highest BCUT2D eigenvalue weighted by Gasteiger charge is 2.37. The number of carbonyl (C=O) groups is 2. The second kappa shape index (κ2) is 10.4. The summed E-state index contributed by atoms with van der Waals surface area (Å²) in [6, 6.07) is 9.71. The molecule has 0 unspecified atom stereocenters. The number of likely N-dealkylation sites (N-methyl/N-ethyl adjacent to an activating group) is 1. The van der Waals surface area contributed by atoms with E-state index in [1.54, 1.807) is 6.92 Å². The zero-order chi connectivity index (χ0) is 23.4. The number of piperidine rings is 1. The van der Waals surface area contributed by atoms with Gasteiger partial charge in [0.25, 0.3) is 5.91 Å². The van der Waals surface area contributed by atoms with E-state index in [1.165, 1.54) is 0 Å². The predicted octanol–water partition coefficient (Wildman–Crippen LogP) is 2.62. The lowest BCUT2D eigenvalue weighted by atomic mass is 9.90. The second-order valence-corrected chi connectivity index (χ2v) is 9.07. The van der Waals surface area contributed by atoms with Gasteiger partial charge in [0, 0.05) is 58.0 Å². The minimum Gasteiger partial charge on any atom is -0.490 e. The summed E-state index contributed by atoms with van der Waals surface area (Å²) in [5.74, 6) is 1.33. The van der Waals surface area contributed by atoms with Crippen molar-refractivity contribution in [3.63, 3.8) is 0 Å². The molecule has 2 aromatic rings. The van der Waals surface area contributed by atoms with Gasteiger partial charge in [-0.15, -0.1) is 0 Å². The van der Waals surface area contributed by atoms with E-state index in [0.29, 0.717) is 49.4 Å². The Morgan fingerprint density at radius 3 is 2.52 bits per heavy atom. The number of hydrogen-bond acceptors (Lipinski definition) is 6. The Bertz CT molecular complexity index is 953. The van der Waals surface area contributed by atoms with Crippen LogP contribution < -0.4 is 4.74 Å². The highest BCUT2D eigenvalue weighted by molar-refractivity contribution is 5.96. The van der Waals surface area contributed by atoms with Crippen LogP contribution in [0.25, 0.3) is 0 Å². The maximum absolute atomic E-state index is 13.4. The molecule has 178 valence electrons. The quantitative estimate of drug-likeness (QED) is 0.668. The maximum atomic E-state index is 13.4. The van der Waals surface area contributed by atoms with Crippen molar-refractivity contribution in [1.29, 1.82) is 0 Å². The van der Waals surface area contributed by atoms with Crippen molar-refractivity contribution in [2.24, 2.45) is 5.92 Å². The van der Waals surface area contributed by atoms with Gasteiger partial charge in [0.1, 0.15) is 23.2 Å². The van der Waals surface area contributed by atoms with Crippen molar-refractivity contribution >= 4 is 11.8 Å². The normalized spacial score (nSPS) is 21.8. The highest BCUT2D eigenvalue weighted by Crippen LogP contribution is 2.28. The molecule has 2 atom stereocenters. The van der Waals surface area contributed by atoms with E-state index < -0.39 is 0 Å². The Balaban J connectivity index is 1.50. The number of carbonyl (C=O) groups excluding carboxylic acids is 2. The first-order chi connectivity index (χ1) is 16.0. The van der Waals surface area contributed by atoms with Crippen LogP contribution in [0, 0.1) is 12.8 Å². The van der Waals surface area contributed by atoms with Gasteiger partial charge in [0.2, 0.25) is 5.91 Å². The van der Waals surface area contributed by atoms with Crippen LogP contribution in [0.4, 0.5) is 0 Å². The Kier molecular flexibility index (Phi) is 7.33. The number of rotatable bonds is 6. The third kappa shape index (κ3) is 5.38. The van der Waals surface area contributed by atoms with E-state index in [-0.39, 0.29) is 23.8 Å². The summed E-state index contributed by atoms with van der Waals surface area (Å²) >= 11 is 0. The molecule has 1 aromatic heterocycles. The van der Waals surface area contributed by atoms with Crippen molar-refractivity contribution in [2.75, 3.05) is 46.3 Å². The smallest absolute Gasteiger partial charge is 0.259 e. The molecule has 2 fully saturated rings. The van der Waals surface area contributed by atoms with Gasteiger partial charge in [-0.1, -0.05) is 30.3 Å². The van der Waals surface area contributed by atoms with E-state index >= 15 is 0 Å². The SMILES string of the molecule is CCc1noc(C)c1C(=O)N1CC[C@H](Oc2ccccc2)[C@@H](CC(=O)N2CCN(C)CC2)C1. The molecule has 8 nitrogen and oxygen atoms in total. The minimum absolute atomic E-state index is 0.0687. The Hall–Kier alpha value is -2.87. The van der Waals surface area contributed by atoms with E-state index in [1.807, 2.05) is 47.1 Å². The molecule has 0 spiro atoms. The fourth-order valence-corrected chi connectivity index (χ4v) is 4.72. The molecule has 0 bridgehead atoms. The van der Waals surface area contributed by atoms with E-state index in [2.05, 4.69) is 17.1 Å². The molecule has 0 saturated carbocycles. The molecule has 0 aliphatic carbocycles. The van der Waals surface area contributed by atoms with Gasteiger partial charge in [-0.2, -0.15) is 0 Å². The first kappa shape index (κ1) is 23.3. The van der Waals surface area contributed by atoms with Gasteiger partial charge >= 0.3 is 0 Å². The molecule has 0 radical (unpaired) electrons. The molecule has 2 amide bonds. The summed E-state index contributed by atoms with van der Waals surface area (Å²) in [7, 11) is 2.08. The van der Waals surface area contributed by atoms with Crippen LogP contribution in [0.5, 0.6) is 5.75 Å². The molecule has 1 aromatic carbocycles. The average molecular weight is 455 g/mol. The third-order valence-corrected chi connectivity index (χ3v) is 6.76. The zero-order valence-corrected chi connectivity index (χ0v) is 19.8. The molecular weight excluding hydrogens is 420 g/mol. The Morgan fingerprint density at radius 2 is 1.82 bits per heavy atom. The number of aryl methyl sites for hydroxylation is 2. The van der Waals surface area contributed by atoms with Gasteiger partial charge in [-0.3, -0.25) is 9.59 Å². The maximum Gasteiger partial charge on any atom is 0.259 e. The summed E-state index contributed by atoms with van der Waals surface area (Å²) in [6.45, 7) is 8.05. The van der Waals surface area contributed by atoms with Crippen LogP contribution >= 0.6 is 0 Å². The molecule has 8 heteroatoms. The average Bonchev–Trinajstić information content (AvgIpc) is 3.21. The molecule has 4 rings (SSSR count). The summed E-state index contributed by atoms with van der Waals surface area (Å²) in [5, 5.41) is 4.04. The van der Waals surface area contributed by atoms with Crippen molar-refractivity contribution in [3.05, 3.63) is 47.3 Å². The number of hydrogen-bond donors (Lipinski definition) is 0. The number of amides is 2. The topological polar surface area (TPSA) is 79.1 Å².